The molecule has 0 bridgehead atoms. The van der Waals surface area contributed by atoms with E-state index < -0.39 is 17.4 Å². The molecule has 3 fully saturated rings. The maximum absolute atomic E-state index is 12.8. The number of aliphatic carboxylic acids is 1. The third-order valence-electron chi connectivity index (χ3n) is 6.39. The summed E-state index contributed by atoms with van der Waals surface area (Å²) in [5, 5.41) is 12.5. The predicted molar refractivity (Wildman–Crippen MR) is 99.3 cm³/mol. The van der Waals surface area contributed by atoms with Gasteiger partial charge in [-0.3, -0.25) is 9.59 Å². The molecule has 3 atom stereocenters. The summed E-state index contributed by atoms with van der Waals surface area (Å²) in [7, 11) is 0. The third kappa shape index (κ3) is 3.05. The van der Waals surface area contributed by atoms with E-state index in [4.69, 9.17) is 0 Å². The van der Waals surface area contributed by atoms with E-state index >= 15 is 0 Å². The summed E-state index contributed by atoms with van der Waals surface area (Å²) in [6, 6.07) is 8.57. The van der Waals surface area contributed by atoms with Crippen LogP contribution in [0.25, 0.3) is 0 Å². The first-order valence-corrected chi connectivity index (χ1v) is 9.66. The summed E-state index contributed by atoms with van der Waals surface area (Å²) in [6.45, 7) is 1.34. The van der Waals surface area contributed by atoms with Crippen LogP contribution in [0.3, 0.4) is 0 Å². The number of carbonyl (C=O) groups is 3. The molecule has 7 nitrogen and oxygen atoms in total. The van der Waals surface area contributed by atoms with Gasteiger partial charge in [-0.05, 0) is 43.7 Å². The Kier molecular flexibility index (Phi) is 4.53. The fourth-order valence-electron chi connectivity index (χ4n) is 4.91. The summed E-state index contributed by atoms with van der Waals surface area (Å²) in [4.78, 5) is 40.7. The van der Waals surface area contributed by atoms with Crippen LogP contribution in [0.1, 0.15) is 32.1 Å². The standard InChI is InChI=1S/C20H25N3O4/c24-17-16(9-5-11-23(17)15-7-2-1-3-8-15)21-19(27)22-12-14-6-4-10-20(14,13-22)18(25)26/h1-3,7-8,14,16H,4-6,9-13H2,(H,21,27)(H,25,26)/t14-,16?,20+/m0/s1. The van der Waals surface area contributed by atoms with Crippen molar-refractivity contribution in [3.05, 3.63) is 30.3 Å². The second kappa shape index (κ2) is 6.87. The van der Waals surface area contributed by atoms with Gasteiger partial charge in [-0.25, -0.2) is 4.79 Å². The highest BCUT2D eigenvalue weighted by atomic mass is 16.4. The molecule has 3 aliphatic rings. The van der Waals surface area contributed by atoms with Crippen LogP contribution < -0.4 is 10.2 Å². The fourth-order valence-corrected chi connectivity index (χ4v) is 4.91. The minimum absolute atomic E-state index is 0.0172. The molecule has 2 N–H and O–H groups in total. The molecule has 2 saturated heterocycles. The third-order valence-corrected chi connectivity index (χ3v) is 6.39. The van der Waals surface area contributed by atoms with Crippen molar-refractivity contribution in [2.24, 2.45) is 11.3 Å². The maximum atomic E-state index is 12.8. The smallest absolute Gasteiger partial charge is 0.318 e. The molecular weight excluding hydrogens is 346 g/mol. The Morgan fingerprint density at radius 1 is 1.15 bits per heavy atom. The molecule has 4 rings (SSSR count). The van der Waals surface area contributed by atoms with Crippen LogP contribution in [0.5, 0.6) is 0 Å². The second-order valence-corrected chi connectivity index (χ2v) is 7.90. The monoisotopic (exact) mass is 371 g/mol. The molecule has 2 heterocycles. The summed E-state index contributed by atoms with van der Waals surface area (Å²) in [5.74, 6) is -0.888. The number of likely N-dealkylation sites (tertiary alicyclic amines) is 1. The molecule has 1 aromatic carbocycles. The van der Waals surface area contributed by atoms with E-state index in [0.29, 0.717) is 25.9 Å². The van der Waals surface area contributed by atoms with Gasteiger partial charge in [0.05, 0.1) is 5.41 Å². The number of para-hydroxylation sites is 1. The van der Waals surface area contributed by atoms with E-state index in [9.17, 15) is 19.5 Å². The Hall–Kier alpha value is -2.57. The molecule has 27 heavy (non-hydrogen) atoms. The fraction of sp³-hybridized carbons (Fsp3) is 0.550. The largest absolute Gasteiger partial charge is 0.481 e. The van der Waals surface area contributed by atoms with E-state index in [1.807, 2.05) is 30.3 Å². The number of carboxylic acids is 1. The van der Waals surface area contributed by atoms with Gasteiger partial charge in [0, 0.05) is 25.3 Å². The van der Waals surface area contributed by atoms with Gasteiger partial charge >= 0.3 is 12.0 Å². The number of anilines is 1. The van der Waals surface area contributed by atoms with Crippen LogP contribution in [-0.2, 0) is 9.59 Å². The molecule has 0 radical (unpaired) electrons. The van der Waals surface area contributed by atoms with E-state index in [1.165, 1.54) is 0 Å². The van der Waals surface area contributed by atoms with E-state index in [1.54, 1.807) is 9.80 Å². The molecular formula is C20H25N3O4. The number of nitrogens with one attached hydrogen (secondary N) is 1. The zero-order valence-corrected chi connectivity index (χ0v) is 15.3. The lowest BCUT2D eigenvalue weighted by molar-refractivity contribution is -0.149. The SMILES string of the molecule is O=C(NC1CCCN(c2ccccc2)C1=O)N1C[C@@H]2CCC[C@@]2(C(=O)O)C1. The average molecular weight is 371 g/mol. The quantitative estimate of drug-likeness (QED) is 0.851. The van der Waals surface area contributed by atoms with Gasteiger partial charge in [0.25, 0.3) is 0 Å². The topological polar surface area (TPSA) is 90.0 Å². The average Bonchev–Trinajstić information content (AvgIpc) is 3.23. The number of benzene rings is 1. The molecule has 1 aromatic rings. The van der Waals surface area contributed by atoms with Crippen molar-refractivity contribution in [2.75, 3.05) is 24.5 Å². The van der Waals surface area contributed by atoms with Crippen molar-refractivity contribution in [3.8, 4) is 0 Å². The molecule has 1 aliphatic carbocycles. The molecule has 7 heteroatoms. The van der Waals surface area contributed by atoms with Gasteiger partial charge in [-0.2, -0.15) is 0 Å². The highest BCUT2D eigenvalue weighted by Gasteiger charge is 2.56. The van der Waals surface area contributed by atoms with Crippen molar-refractivity contribution in [1.82, 2.24) is 10.2 Å². The van der Waals surface area contributed by atoms with Crippen LogP contribution in [-0.4, -0.2) is 53.6 Å². The number of rotatable bonds is 3. The van der Waals surface area contributed by atoms with Gasteiger partial charge in [0.15, 0.2) is 0 Å². The Bertz CT molecular complexity index is 753. The van der Waals surface area contributed by atoms with Crippen LogP contribution in [0.4, 0.5) is 10.5 Å². The van der Waals surface area contributed by atoms with Crippen LogP contribution in [0.2, 0.25) is 0 Å². The Morgan fingerprint density at radius 3 is 2.63 bits per heavy atom. The minimum Gasteiger partial charge on any atom is -0.481 e. The zero-order valence-electron chi connectivity index (χ0n) is 15.3. The van der Waals surface area contributed by atoms with Gasteiger partial charge < -0.3 is 20.2 Å². The molecule has 144 valence electrons. The van der Waals surface area contributed by atoms with Crippen molar-refractivity contribution in [2.45, 2.75) is 38.1 Å². The van der Waals surface area contributed by atoms with Gasteiger partial charge in [0.1, 0.15) is 6.04 Å². The number of piperidine rings is 1. The van der Waals surface area contributed by atoms with Crippen LogP contribution in [0, 0.1) is 11.3 Å². The van der Waals surface area contributed by atoms with Crippen molar-refractivity contribution in [1.29, 1.82) is 0 Å². The van der Waals surface area contributed by atoms with Gasteiger partial charge in [-0.1, -0.05) is 24.6 Å². The number of carbonyl (C=O) groups excluding carboxylic acids is 2. The highest BCUT2D eigenvalue weighted by Crippen LogP contribution is 2.48. The first kappa shape index (κ1) is 17.8. The molecule has 1 unspecified atom stereocenters. The first-order valence-electron chi connectivity index (χ1n) is 9.66. The molecule has 2 aliphatic heterocycles. The van der Waals surface area contributed by atoms with Crippen LogP contribution in [0.15, 0.2) is 30.3 Å². The number of hydrogen-bond donors (Lipinski definition) is 2. The summed E-state index contributed by atoms with van der Waals surface area (Å²) >= 11 is 0. The summed E-state index contributed by atoms with van der Waals surface area (Å²) in [6.07, 6.45) is 3.79. The number of urea groups is 1. The maximum Gasteiger partial charge on any atom is 0.318 e. The Morgan fingerprint density at radius 2 is 1.93 bits per heavy atom. The van der Waals surface area contributed by atoms with Crippen molar-refractivity contribution in [3.63, 3.8) is 0 Å². The predicted octanol–water partition coefficient (Wildman–Crippen LogP) is 2.08. The van der Waals surface area contributed by atoms with E-state index in [2.05, 4.69) is 5.32 Å². The van der Waals surface area contributed by atoms with Crippen LogP contribution >= 0.6 is 0 Å². The van der Waals surface area contributed by atoms with E-state index in [0.717, 1.165) is 24.9 Å². The summed E-state index contributed by atoms with van der Waals surface area (Å²) < 4.78 is 0. The zero-order chi connectivity index (χ0) is 19.0. The number of nitrogens with zero attached hydrogens (tertiary/aromatic N) is 2. The number of fused-ring (bicyclic) bond motifs is 1. The van der Waals surface area contributed by atoms with Gasteiger partial charge in [-0.15, -0.1) is 0 Å². The molecule has 3 amide bonds. The minimum atomic E-state index is -0.802. The lowest BCUT2D eigenvalue weighted by Gasteiger charge is -2.33. The number of amides is 3. The summed E-state index contributed by atoms with van der Waals surface area (Å²) in [5.41, 5.74) is 0.0336. The lowest BCUT2D eigenvalue weighted by Crippen LogP contribution is -2.55. The molecule has 1 saturated carbocycles. The number of carboxylic acid groups (broad SMARTS) is 1. The van der Waals surface area contributed by atoms with Crippen molar-refractivity contribution < 1.29 is 19.5 Å². The normalized spacial score (nSPS) is 30.3. The second-order valence-electron chi connectivity index (χ2n) is 7.90. The Labute approximate surface area is 158 Å². The molecule has 0 spiro atoms. The van der Waals surface area contributed by atoms with Gasteiger partial charge in [0.2, 0.25) is 5.91 Å². The molecule has 0 aromatic heterocycles. The van der Waals surface area contributed by atoms with E-state index in [-0.39, 0.29) is 24.4 Å². The lowest BCUT2D eigenvalue weighted by atomic mass is 9.81. The Balaban J connectivity index is 1.43. The number of hydrogen-bond acceptors (Lipinski definition) is 3. The van der Waals surface area contributed by atoms with Crippen molar-refractivity contribution >= 4 is 23.6 Å². The first-order chi connectivity index (χ1) is 13.0. The highest BCUT2D eigenvalue weighted by molar-refractivity contribution is 5.99.